The Kier molecular flexibility index (Phi) is 6.43. The summed E-state index contributed by atoms with van der Waals surface area (Å²) in [4.78, 5) is 35.8. The molecule has 0 radical (unpaired) electrons. The Labute approximate surface area is 176 Å². The summed E-state index contributed by atoms with van der Waals surface area (Å²) in [6.45, 7) is 1.84. The Morgan fingerprint density at radius 2 is 1.83 bits per heavy atom. The van der Waals surface area contributed by atoms with Crippen LogP contribution in [0.1, 0.15) is 27.6 Å². The summed E-state index contributed by atoms with van der Waals surface area (Å²) < 4.78 is 10.4. The molecule has 1 aromatic heterocycles. The Morgan fingerprint density at radius 3 is 2.47 bits per heavy atom. The van der Waals surface area contributed by atoms with Gasteiger partial charge < -0.3 is 14.8 Å². The molecule has 8 nitrogen and oxygen atoms in total. The van der Waals surface area contributed by atoms with E-state index in [2.05, 4.69) is 5.32 Å². The first-order chi connectivity index (χ1) is 14.5. The van der Waals surface area contributed by atoms with E-state index in [0.29, 0.717) is 27.4 Å². The van der Waals surface area contributed by atoms with Crippen molar-refractivity contribution in [1.82, 2.24) is 0 Å². The first kappa shape index (κ1) is 21.0. The van der Waals surface area contributed by atoms with Gasteiger partial charge in [0.25, 0.3) is 11.6 Å². The number of hydrogen-bond donors (Lipinski definition) is 1. The number of nitro benzene ring substituents is 1. The number of nitrogens with one attached hydrogen (secondary N) is 1. The minimum absolute atomic E-state index is 0.0589. The van der Waals surface area contributed by atoms with Crippen LogP contribution in [0.25, 0.3) is 11.1 Å². The fourth-order valence-corrected chi connectivity index (χ4v) is 3.79. The van der Waals surface area contributed by atoms with E-state index in [1.165, 1.54) is 19.2 Å². The third kappa shape index (κ3) is 4.31. The normalized spacial score (nSPS) is 10.3. The average Bonchev–Trinajstić information content (AvgIpc) is 3.17. The van der Waals surface area contributed by atoms with Crippen molar-refractivity contribution in [2.75, 3.05) is 19.0 Å². The van der Waals surface area contributed by atoms with Crippen molar-refractivity contribution < 1.29 is 24.0 Å². The Bertz CT molecular complexity index is 1090. The van der Waals surface area contributed by atoms with Gasteiger partial charge in [0, 0.05) is 23.1 Å². The summed E-state index contributed by atoms with van der Waals surface area (Å²) >= 11 is 1.16. The van der Waals surface area contributed by atoms with Crippen LogP contribution < -0.4 is 10.1 Å². The van der Waals surface area contributed by atoms with E-state index < -0.39 is 16.8 Å². The van der Waals surface area contributed by atoms with Crippen molar-refractivity contribution in [3.05, 3.63) is 75.2 Å². The van der Waals surface area contributed by atoms with Crippen LogP contribution in [0.15, 0.2) is 53.9 Å². The fourth-order valence-electron chi connectivity index (χ4n) is 2.83. The van der Waals surface area contributed by atoms with Gasteiger partial charge in [0.1, 0.15) is 16.3 Å². The number of carbonyl (C=O) groups is 2. The molecule has 0 aliphatic heterocycles. The zero-order valence-electron chi connectivity index (χ0n) is 16.2. The van der Waals surface area contributed by atoms with Crippen molar-refractivity contribution >= 4 is 33.9 Å². The van der Waals surface area contributed by atoms with Crippen LogP contribution in [-0.4, -0.2) is 30.5 Å². The number of para-hydroxylation sites is 1. The molecule has 0 atom stereocenters. The summed E-state index contributed by atoms with van der Waals surface area (Å²) in [5, 5.41) is 15.7. The lowest BCUT2D eigenvalue weighted by Crippen LogP contribution is -2.15. The molecule has 0 bridgehead atoms. The lowest BCUT2D eigenvalue weighted by molar-refractivity contribution is -0.384. The maximum Gasteiger partial charge on any atom is 0.341 e. The van der Waals surface area contributed by atoms with E-state index in [-0.39, 0.29) is 17.9 Å². The molecule has 0 fully saturated rings. The van der Waals surface area contributed by atoms with E-state index in [1.54, 1.807) is 48.7 Å². The molecular weight excluding hydrogens is 408 g/mol. The van der Waals surface area contributed by atoms with Crippen LogP contribution >= 0.6 is 11.3 Å². The minimum atomic E-state index is -0.595. The highest BCUT2D eigenvalue weighted by Gasteiger charge is 2.24. The molecule has 154 valence electrons. The number of ether oxygens (including phenoxy) is 2. The summed E-state index contributed by atoms with van der Waals surface area (Å²) in [6.07, 6.45) is 0. The molecule has 0 aliphatic rings. The Hall–Kier alpha value is -3.72. The van der Waals surface area contributed by atoms with Gasteiger partial charge in [-0.2, -0.15) is 0 Å². The van der Waals surface area contributed by atoms with Crippen LogP contribution in [-0.2, 0) is 4.74 Å². The summed E-state index contributed by atoms with van der Waals surface area (Å²) in [5.41, 5.74) is 1.57. The predicted molar refractivity (Wildman–Crippen MR) is 113 cm³/mol. The molecule has 0 aliphatic carbocycles. The highest BCUT2D eigenvalue weighted by Crippen LogP contribution is 2.37. The first-order valence-corrected chi connectivity index (χ1v) is 9.82. The van der Waals surface area contributed by atoms with Crippen molar-refractivity contribution in [2.24, 2.45) is 0 Å². The third-order valence-corrected chi connectivity index (χ3v) is 5.13. The Morgan fingerprint density at radius 1 is 1.13 bits per heavy atom. The molecule has 3 aromatic rings. The molecule has 3 rings (SSSR count). The molecule has 0 spiro atoms. The van der Waals surface area contributed by atoms with Gasteiger partial charge in [-0.05, 0) is 36.8 Å². The standard InChI is InChI=1S/C21H18N2O6S/c1-3-29-21(25)18-16(13-8-10-14(11-9-13)23(26)27)12-30-20(18)22-19(24)15-6-4-5-7-17(15)28-2/h4-12H,3H2,1-2H3,(H,22,24). The molecule has 0 saturated heterocycles. The van der Waals surface area contributed by atoms with Crippen LogP contribution in [0.2, 0.25) is 0 Å². The van der Waals surface area contributed by atoms with E-state index >= 15 is 0 Å². The number of methoxy groups -OCH3 is 1. The molecule has 0 unspecified atom stereocenters. The second-order valence-corrected chi connectivity index (χ2v) is 6.91. The van der Waals surface area contributed by atoms with E-state index in [4.69, 9.17) is 9.47 Å². The van der Waals surface area contributed by atoms with E-state index in [9.17, 15) is 19.7 Å². The van der Waals surface area contributed by atoms with Crippen molar-refractivity contribution in [3.8, 4) is 16.9 Å². The second-order valence-electron chi connectivity index (χ2n) is 6.03. The zero-order valence-corrected chi connectivity index (χ0v) is 17.0. The molecule has 0 saturated carbocycles. The smallest absolute Gasteiger partial charge is 0.341 e. The number of non-ortho nitro benzene ring substituents is 1. The number of thiophene rings is 1. The molecule has 2 aromatic carbocycles. The third-order valence-electron chi connectivity index (χ3n) is 4.24. The van der Waals surface area contributed by atoms with Crippen LogP contribution in [0.4, 0.5) is 10.7 Å². The Balaban J connectivity index is 2.00. The van der Waals surface area contributed by atoms with Crippen molar-refractivity contribution in [2.45, 2.75) is 6.92 Å². The number of hydrogen-bond acceptors (Lipinski definition) is 7. The second kappa shape index (κ2) is 9.19. The van der Waals surface area contributed by atoms with Gasteiger partial charge >= 0.3 is 5.97 Å². The fraction of sp³-hybridized carbons (Fsp3) is 0.143. The number of nitro groups is 1. The summed E-state index contributed by atoms with van der Waals surface area (Å²) in [5.74, 6) is -0.627. The molecule has 1 heterocycles. The number of anilines is 1. The van der Waals surface area contributed by atoms with Crippen LogP contribution in [0.3, 0.4) is 0 Å². The van der Waals surface area contributed by atoms with Gasteiger partial charge in [-0.1, -0.05) is 12.1 Å². The van der Waals surface area contributed by atoms with Crippen molar-refractivity contribution in [3.63, 3.8) is 0 Å². The van der Waals surface area contributed by atoms with Crippen molar-refractivity contribution in [1.29, 1.82) is 0 Å². The summed E-state index contributed by atoms with van der Waals surface area (Å²) in [6, 6.07) is 12.5. The molecule has 9 heteroatoms. The van der Waals surface area contributed by atoms with Gasteiger partial charge in [-0.25, -0.2) is 4.79 Å². The topological polar surface area (TPSA) is 108 Å². The van der Waals surface area contributed by atoms with Crippen LogP contribution in [0, 0.1) is 10.1 Å². The van der Waals surface area contributed by atoms with Gasteiger partial charge in [-0.15, -0.1) is 11.3 Å². The van der Waals surface area contributed by atoms with Gasteiger partial charge in [0.2, 0.25) is 0 Å². The number of carbonyl (C=O) groups excluding carboxylic acids is 2. The predicted octanol–water partition coefficient (Wildman–Crippen LogP) is 4.76. The number of amides is 1. The monoisotopic (exact) mass is 426 g/mol. The lowest BCUT2D eigenvalue weighted by atomic mass is 10.0. The van der Waals surface area contributed by atoms with Gasteiger partial charge in [0.15, 0.2) is 0 Å². The summed E-state index contributed by atoms with van der Waals surface area (Å²) in [7, 11) is 1.47. The molecule has 30 heavy (non-hydrogen) atoms. The maximum absolute atomic E-state index is 12.8. The maximum atomic E-state index is 12.8. The average molecular weight is 426 g/mol. The number of nitrogens with zero attached hydrogens (tertiary/aromatic N) is 1. The highest BCUT2D eigenvalue weighted by atomic mass is 32.1. The first-order valence-electron chi connectivity index (χ1n) is 8.94. The van der Waals surface area contributed by atoms with Crippen LogP contribution in [0.5, 0.6) is 5.75 Å². The number of benzene rings is 2. The molecular formula is C21H18N2O6S. The zero-order chi connectivity index (χ0) is 21.7. The quantitative estimate of drug-likeness (QED) is 0.331. The van der Waals surface area contributed by atoms with Gasteiger partial charge in [-0.3, -0.25) is 14.9 Å². The van der Waals surface area contributed by atoms with E-state index in [1.807, 2.05) is 0 Å². The molecule has 1 amide bonds. The minimum Gasteiger partial charge on any atom is -0.496 e. The highest BCUT2D eigenvalue weighted by molar-refractivity contribution is 7.15. The SMILES string of the molecule is CCOC(=O)c1c(-c2ccc([N+](=O)[O-])cc2)csc1NC(=O)c1ccccc1OC. The number of rotatable bonds is 7. The lowest BCUT2D eigenvalue weighted by Gasteiger charge is -2.10. The largest absolute Gasteiger partial charge is 0.496 e. The van der Waals surface area contributed by atoms with E-state index in [0.717, 1.165) is 11.3 Å². The molecule has 1 N–H and O–H groups in total. The van der Waals surface area contributed by atoms with Gasteiger partial charge in [0.05, 0.1) is 24.2 Å². The number of esters is 1.